The van der Waals surface area contributed by atoms with Gasteiger partial charge in [0.2, 0.25) is 5.91 Å². The standard InChI is InChI=1S/C23H34N4O3/c1-18(2)29-22-8-4-3-7-21(22)26-13-11-25(12-14-26)17-20-15-19(24-30-20)16-27-10-6-5-9-23(27)28/h3-4,7-8,15,18,20,24H,5-6,9-14,16-17H2,1-2H3/t20-/m0/s1. The van der Waals surface area contributed by atoms with Crippen LogP contribution in [0.25, 0.3) is 0 Å². The minimum Gasteiger partial charge on any atom is -0.489 e. The van der Waals surface area contributed by atoms with Gasteiger partial charge in [0.05, 0.1) is 24.0 Å². The number of para-hydroxylation sites is 2. The second kappa shape index (κ2) is 9.71. The Labute approximate surface area is 179 Å². The van der Waals surface area contributed by atoms with Gasteiger partial charge in [0.25, 0.3) is 0 Å². The van der Waals surface area contributed by atoms with Gasteiger partial charge >= 0.3 is 0 Å². The Morgan fingerprint density at radius 3 is 2.70 bits per heavy atom. The van der Waals surface area contributed by atoms with Crippen LogP contribution in [0, 0.1) is 0 Å². The first-order valence-corrected chi connectivity index (χ1v) is 11.2. The number of hydrogen-bond acceptors (Lipinski definition) is 6. The van der Waals surface area contributed by atoms with Crippen molar-refractivity contribution < 1.29 is 14.4 Å². The number of anilines is 1. The van der Waals surface area contributed by atoms with E-state index < -0.39 is 0 Å². The molecule has 0 radical (unpaired) electrons. The van der Waals surface area contributed by atoms with E-state index >= 15 is 0 Å². The molecule has 3 aliphatic heterocycles. The Morgan fingerprint density at radius 2 is 1.93 bits per heavy atom. The van der Waals surface area contributed by atoms with Crippen LogP contribution in [0.15, 0.2) is 36.0 Å². The number of piperazine rings is 1. The molecule has 3 heterocycles. The van der Waals surface area contributed by atoms with E-state index in [9.17, 15) is 4.79 Å². The predicted molar refractivity (Wildman–Crippen MR) is 117 cm³/mol. The molecule has 0 saturated carbocycles. The Kier molecular flexibility index (Phi) is 6.79. The van der Waals surface area contributed by atoms with Gasteiger partial charge in [-0.25, -0.2) is 0 Å². The minimum atomic E-state index is 0.0306. The molecule has 1 atom stereocenters. The molecule has 1 amide bonds. The van der Waals surface area contributed by atoms with E-state index in [1.165, 1.54) is 5.69 Å². The molecule has 4 rings (SSSR count). The maximum Gasteiger partial charge on any atom is 0.222 e. The van der Waals surface area contributed by atoms with Gasteiger partial charge in [-0.3, -0.25) is 20.0 Å². The highest BCUT2D eigenvalue weighted by Crippen LogP contribution is 2.29. The smallest absolute Gasteiger partial charge is 0.222 e. The molecular formula is C23H34N4O3. The Balaban J connectivity index is 1.26. The van der Waals surface area contributed by atoms with Crippen LogP contribution in [-0.4, -0.2) is 73.7 Å². The molecule has 0 bridgehead atoms. The quantitative estimate of drug-likeness (QED) is 0.740. The van der Waals surface area contributed by atoms with Crippen LogP contribution in [0.1, 0.15) is 33.1 Å². The summed E-state index contributed by atoms with van der Waals surface area (Å²) < 4.78 is 6.00. The van der Waals surface area contributed by atoms with Crippen LogP contribution >= 0.6 is 0 Å². The average molecular weight is 415 g/mol. The number of amides is 1. The number of carbonyl (C=O) groups excluding carboxylic acids is 1. The molecule has 30 heavy (non-hydrogen) atoms. The van der Waals surface area contributed by atoms with Crippen LogP contribution in [0.3, 0.4) is 0 Å². The average Bonchev–Trinajstić information content (AvgIpc) is 3.17. The Hall–Kier alpha value is -2.25. The first kappa shape index (κ1) is 21.0. The second-order valence-electron chi connectivity index (χ2n) is 8.64. The third-order valence-corrected chi connectivity index (χ3v) is 5.89. The van der Waals surface area contributed by atoms with Crippen molar-refractivity contribution in [2.24, 2.45) is 0 Å². The van der Waals surface area contributed by atoms with Crippen molar-refractivity contribution in [3.63, 3.8) is 0 Å². The van der Waals surface area contributed by atoms with Crippen molar-refractivity contribution in [1.82, 2.24) is 15.3 Å². The monoisotopic (exact) mass is 414 g/mol. The van der Waals surface area contributed by atoms with Gasteiger partial charge in [0.15, 0.2) is 0 Å². The molecule has 2 saturated heterocycles. The number of hydrogen-bond donors (Lipinski definition) is 1. The van der Waals surface area contributed by atoms with Gasteiger partial charge in [0.1, 0.15) is 11.9 Å². The van der Waals surface area contributed by atoms with E-state index in [1.807, 2.05) is 11.0 Å². The van der Waals surface area contributed by atoms with Gasteiger partial charge in [-0.2, -0.15) is 0 Å². The molecule has 1 N–H and O–H groups in total. The van der Waals surface area contributed by atoms with Gasteiger partial charge in [0, 0.05) is 45.7 Å². The third-order valence-electron chi connectivity index (χ3n) is 5.89. The van der Waals surface area contributed by atoms with E-state index in [0.29, 0.717) is 13.0 Å². The number of nitrogens with zero attached hydrogens (tertiary/aromatic N) is 3. The lowest BCUT2D eigenvalue weighted by Gasteiger charge is -2.37. The first-order chi connectivity index (χ1) is 14.6. The minimum absolute atomic E-state index is 0.0306. The maximum atomic E-state index is 12.0. The zero-order valence-electron chi connectivity index (χ0n) is 18.2. The fraction of sp³-hybridized carbons (Fsp3) is 0.609. The summed E-state index contributed by atoms with van der Waals surface area (Å²) >= 11 is 0. The number of rotatable bonds is 7. The molecule has 0 aromatic heterocycles. The van der Waals surface area contributed by atoms with Crippen molar-refractivity contribution in [3.05, 3.63) is 36.0 Å². The Bertz CT molecular complexity index is 759. The van der Waals surface area contributed by atoms with Crippen LogP contribution in [0.2, 0.25) is 0 Å². The number of ether oxygens (including phenoxy) is 1. The van der Waals surface area contributed by atoms with Crippen molar-refractivity contribution in [1.29, 1.82) is 0 Å². The molecule has 7 heteroatoms. The van der Waals surface area contributed by atoms with E-state index in [2.05, 4.69) is 53.4 Å². The van der Waals surface area contributed by atoms with Crippen LogP contribution < -0.4 is 15.1 Å². The van der Waals surface area contributed by atoms with Crippen molar-refractivity contribution in [2.75, 3.05) is 50.7 Å². The molecule has 7 nitrogen and oxygen atoms in total. The zero-order chi connectivity index (χ0) is 20.9. The largest absolute Gasteiger partial charge is 0.489 e. The molecular weight excluding hydrogens is 380 g/mol. The van der Waals surface area contributed by atoms with E-state index in [4.69, 9.17) is 9.57 Å². The molecule has 0 aliphatic carbocycles. The summed E-state index contributed by atoms with van der Waals surface area (Å²) in [6, 6.07) is 8.31. The maximum absolute atomic E-state index is 12.0. The summed E-state index contributed by atoms with van der Waals surface area (Å²) in [7, 11) is 0. The summed E-state index contributed by atoms with van der Waals surface area (Å²) in [6.45, 7) is 10.4. The summed E-state index contributed by atoms with van der Waals surface area (Å²) in [5.41, 5.74) is 5.22. The number of nitrogens with one attached hydrogen (secondary N) is 1. The summed E-state index contributed by atoms with van der Waals surface area (Å²) in [5.74, 6) is 1.22. The summed E-state index contributed by atoms with van der Waals surface area (Å²) in [4.78, 5) is 24.6. The molecule has 0 unspecified atom stereocenters. The SMILES string of the molecule is CC(C)Oc1ccccc1N1CCN(C[C@@H]2C=C(CN3CCCCC3=O)NO2)CC1. The number of benzene rings is 1. The molecule has 2 fully saturated rings. The number of likely N-dealkylation sites (tertiary alicyclic amines) is 1. The normalized spacial score (nSPS) is 23.0. The molecule has 0 spiro atoms. The molecule has 1 aromatic rings. The van der Waals surface area contributed by atoms with Crippen LogP contribution in [0.5, 0.6) is 5.75 Å². The van der Waals surface area contributed by atoms with Gasteiger partial charge in [-0.15, -0.1) is 0 Å². The highest BCUT2D eigenvalue weighted by Gasteiger charge is 2.26. The van der Waals surface area contributed by atoms with Crippen molar-refractivity contribution in [2.45, 2.75) is 45.3 Å². The Morgan fingerprint density at radius 1 is 1.13 bits per heavy atom. The number of carbonyl (C=O) groups is 1. The lowest BCUT2D eigenvalue weighted by molar-refractivity contribution is -0.132. The topological polar surface area (TPSA) is 57.3 Å². The number of piperidine rings is 1. The van der Waals surface area contributed by atoms with E-state index in [1.54, 1.807) is 0 Å². The summed E-state index contributed by atoms with van der Waals surface area (Å²) in [6.07, 6.45) is 5.12. The number of hydroxylamine groups is 1. The van der Waals surface area contributed by atoms with Gasteiger partial charge < -0.3 is 14.5 Å². The second-order valence-corrected chi connectivity index (χ2v) is 8.64. The highest BCUT2D eigenvalue weighted by molar-refractivity contribution is 5.77. The third kappa shape index (κ3) is 5.26. The lowest BCUT2D eigenvalue weighted by atomic mass is 10.1. The van der Waals surface area contributed by atoms with Gasteiger partial charge in [-0.05, 0) is 44.9 Å². The fourth-order valence-electron chi connectivity index (χ4n) is 4.35. The highest BCUT2D eigenvalue weighted by atomic mass is 16.7. The molecule has 1 aromatic carbocycles. The molecule has 164 valence electrons. The first-order valence-electron chi connectivity index (χ1n) is 11.2. The van der Waals surface area contributed by atoms with Gasteiger partial charge in [-0.1, -0.05) is 12.1 Å². The van der Waals surface area contributed by atoms with Crippen LogP contribution in [-0.2, 0) is 9.63 Å². The van der Waals surface area contributed by atoms with Crippen molar-refractivity contribution >= 4 is 11.6 Å². The van der Waals surface area contributed by atoms with Crippen LogP contribution in [0.4, 0.5) is 5.69 Å². The van der Waals surface area contributed by atoms with Crippen molar-refractivity contribution in [3.8, 4) is 5.75 Å². The van der Waals surface area contributed by atoms with E-state index in [0.717, 1.165) is 63.6 Å². The molecule has 3 aliphatic rings. The fourth-order valence-corrected chi connectivity index (χ4v) is 4.35. The zero-order valence-corrected chi connectivity index (χ0v) is 18.2. The lowest BCUT2D eigenvalue weighted by Crippen LogP contribution is -2.48. The van der Waals surface area contributed by atoms with E-state index in [-0.39, 0.29) is 18.1 Å². The summed E-state index contributed by atoms with van der Waals surface area (Å²) in [5, 5.41) is 0. The predicted octanol–water partition coefficient (Wildman–Crippen LogP) is 2.40.